The molecule has 3 aromatic heterocycles. The molecule has 182 valence electrons. The first-order valence-electron chi connectivity index (χ1n) is 11.5. The molecule has 0 radical (unpaired) electrons. The van der Waals surface area contributed by atoms with Crippen LogP contribution < -0.4 is 0 Å². The van der Waals surface area contributed by atoms with Gasteiger partial charge in [-0.25, -0.2) is 19.2 Å². The van der Waals surface area contributed by atoms with E-state index in [2.05, 4.69) is 21.3 Å². The number of carbonyl (C=O) groups is 1. The standard InChI is InChI=1S/C27H19FN6O3/c1-34-13-30-33-25(34)19-7-14(12-29)3-6-18(19)16-9-21(15-4-5-15)31-22(10-16)26-32-24-20(28)8-17(27(35)36-2)11-23(24)37-26/h3,6-11,13,15H,4-5H2,1-2H3. The minimum atomic E-state index is -0.692. The van der Waals surface area contributed by atoms with E-state index in [1.807, 2.05) is 25.2 Å². The highest BCUT2D eigenvalue weighted by atomic mass is 19.1. The average Bonchev–Trinajstić information content (AvgIpc) is 3.54. The van der Waals surface area contributed by atoms with E-state index >= 15 is 0 Å². The first-order chi connectivity index (χ1) is 17.9. The van der Waals surface area contributed by atoms with Crippen LogP contribution in [0, 0.1) is 17.1 Å². The largest absolute Gasteiger partial charge is 0.465 e. The second kappa shape index (κ2) is 8.64. The number of nitrogens with zero attached hydrogens (tertiary/aromatic N) is 6. The molecular weight excluding hydrogens is 475 g/mol. The molecule has 6 rings (SSSR count). The lowest BCUT2D eigenvalue weighted by Crippen LogP contribution is -2.01. The molecule has 0 aliphatic heterocycles. The summed E-state index contributed by atoms with van der Waals surface area (Å²) in [5.41, 5.74) is 4.35. The van der Waals surface area contributed by atoms with E-state index in [9.17, 15) is 14.4 Å². The van der Waals surface area contributed by atoms with Gasteiger partial charge in [-0.3, -0.25) is 0 Å². The Balaban J connectivity index is 1.53. The number of methoxy groups -OCH3 is 1. The van der Waals surface area contributed by atoms with Gasteiger partial charge in [0.15, 0.2) is 17.2 Å². The number of oxazole rings is 1. The number of fused-ring (bicyclic) bond motifs is 1. The van der Waals surface area contributed by atoms with Gasteiger partial charge in [-0.2, -0.15) is 5.26 Å². The molecule has 1 aliphatic carbocycles. The molecule has 1 saturated carbocycles. The first kappa shape index (κ1) is 22.5. The number of benzene rings is 2. The monoisotopic (exact) mass is 494 g/mol. The molecule has 37 heavy (non-hydrogen) atoms. The van der Waals surface area contributed by atoms with Crippen LogP contribution in [0.2, 0.25) is 0 Å². The van der Waals surface area contributed by atoms with Crippen LogP contribution in [0.15, 0.2) is 53.2 Å². The van der Waals surface area contributed by atoms with E-state index in [1.165, 1.54) is 13.2 Å². The van der Waals surface area contributed by atoms with Crippen molar-refractivity contribution in [3.8, 4) is 40.2 Å². The molecule has 0 spiro atoms. The van der Waals surface area contributed by atoms with Crippen molar-refractivity contribution in [2.24, 2.45) is 7.05 Å². The summed E-state index contributed by atoms with van der Waals surface area (Å²) in [7, 11) is 3.06. The third-order valence-electron chi connectivity index (χ3n) is 6.34. The van der Waals surface area contributed by atoms with E-state index < -0.39 is 11.8 Å². The number of carbonyl (C=O) groups excluding carboxylic acids is 1. The molecular formula is C27H19FN6O3. The van der Waals surface area contributed by atoms with Crippen molar-refractivity contribution in [3.63, 3.8) is 0 Å². The van der Waals surface area contributed by atoms with Gasteiger partial charge in [-0.05, 0) is 60.4 Å². The minimum absolute atomic E-state index is 0.000903. The van der Waals surface area contributed by atoms with E-state index in [-0.39, 0.29) is 22.6 Å². The van der Waals surface area contributed by atoms with Crippen molar-refractivity contribution in [1.29, 1.82) is 5.26 Å². The number of pyridine rings is 1. The van der Waals surface area contributed by atoms with Crippen LogP contribution in [-0.2, 0) is 11.8 Å². The average molecular weight is 494 g/mol. The molecule has 0 unspecified atom stereocenters. The van der Waals surface area contributed by atoms with Crippen molar-refractivity contribution in [2.45, 2.75) is 18.8 Å². The van der Waals surface area contributed by atoms with Crippen LogP contribution >= 0.6 is 0 Å². The van der Waals surface area contributed by atoms with Crippen molar-refractivity contribution in [2.75, 3.05) is 7.11 Å². The summed E-state index contributed by atoms with van der Waals surface area (Å²) in [4.78, 5) is 21.0. The second-order valence-electron chi connectivity index (χ2n) is 8.89. The number of aryl methyl sites for hydroxylation is 1. The number of nitriles is 1. The van der Waals surface area contributed by atoms with Gasteiger partial charge in [-0.15, -0.1) is 10.2 Å². The predicted octanol–water partition coefficient (Wildman–Crippen LogP) is 5.03. The normalized spacial score (nSPS) is 13.0. The van der Waals surface area contributed by atoms with Gasteiger partial charge >= 0.3 is 5.97 Å². The third-order valence-corrected chi connectivity index (χ3v) is 6.34. The van der Waals surface area contributed by atoms with Crippen molar-refractivity contribution >= 4 is 17.1 Å². The highest BCUT2D eigenvalue weighted by molar-refractivity contribution is 5.93. The number of esters is 1. The number of halogens is 1. The molecule has 0 saturated heterocycles. The molecule has 0 amide bonds. The Morgan fingerprint density at radius 3 is 2.70 bits per heavy atom. The number of rotatable bonds is 5. The highest BCUT2D eigenvalue weighted by Gasteiger charge is 2.28. The Morgan fingerprint density at radius 2 is 2.00 bits per heavy atom. The zero-order valence-electron chi connectivity index (χ0n) is 19.9. The maximum Gasteiger partial charge on any atom is 0.338 e. The van der Waals surface area contributed by atoms with Crippen LogP contribution in [-0.4, -0.2) is 37.8 Å². The molecule has 10 heteroatoms. The Morgan fingerprint density at radius 1 is 1.16 bits per heavy atom. The minimum Gasteiger partial charge on any atom is -0.465 e. The van der Waals surface area contributed by atoms with Crippen molar-refractivity contribution < 1.29 is 18.3 Å². The maximum atomic E-state index is 14.8. The fraction of sp³-hybridized carbons (Fsp3) is 0.185. The summed E-state index contributed by atoms with van der Waals surface area (Å²) in [6, 6.07) is 13.9. The van der Waals surface area contributed by atoms with Gasteiger partial charge in [0.05, 0.1) is 24.3 Å². The Hall–Kier alpha value is -4.91. The molecule has 0 atom stereocenters. The SMILES string of the molecule is COC(=O)c1cc(F)c2nc(-c3cc(-c4ccc(C#N)cc4-c4nncn4C)cc(C4CC4)n3)oc2c1. The van der Waals surface area contributed by atoms with Crippen LogP contribution in [0.1, 0.15) is 40.4 Å². The number of aromatic nitrogens is 5. The van der Waals surface area contributed by atoms with Crippen LogP contribution in [0.5, 0.6) is 0 Å². The lowest BCUT2D eigenvalue weighted by atomic mass is 9.96. The summed E-state index contributed by atoms with van der Waals surface area (Å²) >= 11 is 0. The van der Waals surface area contributed by atoms with E-state index in [0.717, 1.165) is 41.3 Å². The Bertz CT molecular complexity index is 1750. The van der Waals surface area contributed by atoms with E-state index in [1.54, 1.807) is 23.0 Å². The summed E-state index contributed by atoms with van der Waals surface area (Å²) in [6.07, 6.45) is 3.63. The zero-order valence-corrected chi connectivity index (χ0v) is 19.9. The molecule has 2 aromatic carbocycles. The quantitative estimate of drug-likeness (QED) is 0.312. The second-order valence-corrected chi connectivity index (χ2v) is 8.89. The summed E-state index contributed by atoms with van der Waals surface area (Å²) in [5.74, 6) is -0.316. The van der Waals surface area contributed by atoms with Crippen molar-refractivity contribution in [3.05, 3.63) is 71.4 Å². The van der Waals surface area contributed by atoms with Gasteiger partial charge in [0, 0.05) is 24.2 Å². The molecule has 0 N–H and O–H groups in total. The zero-order chi connectivity index (χ0) is 25.7. The molecule has 3 heterocycles. The van der Waals surface area contributed by atoms with Crippen LogP contribution in [0.25, 0.3) is 45.2 Å². The van der Waals surface area contributed by atoms with Gasteiger partial charge in [0.2, 0.25) is 5.89 Å². The number of hydrogen-bond acceptors (Lipinski definition) is 8. The van der Waals surface area contributed by atoms with E-state index in [0.29, 0.717) is 23.0 Å². The summed E-state index contributed by atoms with van der Waals surface area (Å²) < 4.78 is 27.1. The molecule has 5 aromatic rings. The Labute approximate surface area is 210 Å². The highest BCUT2D eigenvalue weighted by Crippen LogP contribution is 2.42. The number of hydrogen-bond donors (Lipinski definition) is 0. The summed E-state index contributed by atoms with van der Waals surface area (Å²) in [5, 5.41) is 17.7. The lowest BCUT2D eigenvalue weighted by molar-refractivity contribution is 0.0600. The van der Waals surface area contributed by atoms with Gasteiger partial charge in [-0.1, -0.05) is 6.07 Å². The number of ether oxygens (including phenoxy) is 1. The smallest absolute Gasteiger partial charge is 0.338 e. The van der Waals surface area contributed by atoms with Gasteiger partial charge in [0.25, 0.3) is 0 Å². The maximum absolute atomic E-state index is 14.8. The lowest BCUT2D eigenvalue weighted by Gasteiger charge is -2.12. The van der Waals surface area contributed by atoms with Gasteiger partial charge in [0.1, 0.15) is 17.5 Å². The molecule has 9 nitrogen and oxygen atoms in total. The molecule has 0 bridgehead atoms. The molecule has 1 aliphatic rings. The van der Waals surface area contributed by atoms with Crippen molar-refractivity contribution in [1.82, 2.24) is 24.7 Å². The summed E-state index contributed by atoms with van der Waals surface area (Å²) in [6.45, 7) is 0. The van der Waals surface area contributed by atoms with E-state index in [4.69, 9.17) is 14.1 Å². The fourth-order valence-corrected chi connectivity index (χ4v) is 4.32. The first-order valence-corrected chi connectivity index (χ1v) is 11.5. The van der Waals surface area contributed by atoms with Gasteiger partial charge < -0.3 is 13.7 Å². The van der Waals surface area contributed by atoms with Crippen LogP contribution in [0.4, 0.5) is 4.39 Å². The third kappa shape index (κ3) is 4.00. The predicted molar refractivity (Wildman–Crippen MR) is 131 cm³/mol. The fourth-order valence-electron chi connectivity index (χ4n) is 4.32. The topological polar surface area (TPSA) is 120 Å². The Kier molecular flexibility index (Phi) is 5.26. The van der Waals surface area contributed by atoms with Crippen LogP contribution in [0.3, 0.4) is 0 Å². The molecule has 1 fully saturated rings.